The molecule has 0 aliphatic carbocycles. The van der Waals surface area contributed by atoms with Gasteiger partial charge in [0.2, 0.25) is 0 Å². The van der Waals surface area contributed by atoms with Crippen molar-refractivity contribution in [1.82, 2.24) is 0 Å². The van der Waals surface area contributed by atoms with Crippen LogP contribution in [0.4, 0.5) is 5.69 Å². The Morgan fingerprint density at radius 2 is 1.83 bits per heavy atom. The van der Waals surface area contributed by atoms with E-state index in [9.17, 15) is 8.42 Å². The van der Waals surface area contributed by atoms with Crippen LogP contribution in [0.5, 0.6) is 5.75 Å². The second-order valence-electron chi connectivity index (χ2n) is 5.28. The molecule has 2 aromatic carbocycles. The molecule has 4 nitrogen and oxygen atoms in total. The molecule has 0 aromatic heterocycles. The Bertz CT molecular complexity index is 873. The molecule has 0 unspecified atom stereocenters. The standard InChI is InChI=1S/C17H16INO3S/c1-12-3-6-14(7-4-12)23(20,21)19-10-9-16(18)15-11-13(22-2)5-8-17(15)19/h3-9,11H,10H2,1-2H3. The zero-order valence-electron chi connectivity index (χ0n) is 12.8. The van der Waals surface area contributed by atoms with Crippen molar-refractivity contribution in [3.8, 4) is 5.75 Å². The van der Waals surface area contributed by atoms with Gasteiger partial charge < -0.3 is 4.74 Å². The van der Waals surface area contributed by atoms with Gasteiger partial charge in [-0.15, -0.1) is 0 Å². The monoisotopic (exact) mass is 441 g/mol. The molecule has 0 spiro atoms. The zero-order valence-corrected chi connectivity index (χ0v) is 15.8. The summed E-state index contributed by atoms with van der Waals surface area (Å²) in [4.78, 5) is 0.301. The number of methoxy groups -OCH3 is 1. The first-order valence-corrected chi connectivity index (χ1v) is 9.59. The molecule has 1 aliphatic heterocycles. The molecule has 0 saturated heterocycles. The summed E-state index contributed by atoms with van der Waals surface area (Å²) in [5, 5.41) is 0. The van der Waals surface area contributed by atoms with Gasteiger partial charge >= 0.3 is 0 Å². The number of nitrogens with zero attached hydrogens (tertiary/aromatic N) is 1. The predicted octanol–water partition coefficient (Wildman–Crippen LogP) is 3.99. The molecule has 1 heterocycles. The summed E-state index contributed by atoms with van der Waals surface area (Å²) in [6.07, 6.45) is 1.91. The SMILES string of the molecule is COc1ccc2c(c1)C(I)=CCN2S(=O)(=O)c1ccc(C)cc1. The maximum absolute atomic E-state index is 13.0. The largest absolute Gasteiger partial charge is 0.497 e. The first-order chi connectivity index (χ1) is 10.9. The number of hydrogen-bond acceptors (Lipinski definition) is 3. The highest BCUT2D eigenvalue weighted by atomic mass is 127. The van der Waals surface area contributed by atoms with E-state index >= 15 is 0 Å². The van der Waals surface area contributed by atoms with Gasteiger partial charge in [-0.05, 0) is 65.9 Å². The number of halogens is 1. The van der Waals surface area contributed by atoms with Crippen LogP contribution in [-0.2, 0) is 10.0 Å². The Morgan fingerprint density at radius 3 is 2.48 bits per heavy atom. The van der Waals surface area contributed by atoms with Crippen molar-refractivity contribution >= 4 is 41.9 Å². The first kappa shape index (κ1) is 16.3. The predicted molar refractivity (Wildman–Crippen MR) is 101 cm³/mol. The Labute approximate surface area is 150 Å². The molecule has 3 rings (SSSR count). The smallest absolute Gasteiger partial charge is 0.264 e. The number of fused-ring (bicyclic) bond motifs is 1. The normalized spacial score (nSPS) is 14.2. The molecule has 0 atom stereocenters. The van der Waals surface area contributed by atoms with E-state index in [2.05, 4.69) is 22.6 Å². The van der Waals surface area contributed by atoms with E-state index in [-0.39, 0.29) is 0 Å². The first-order valence-electron chi connectivity index (χ1n) is 7.07. The maximum Gasteiger partial charge on any atom is 0.264 e. The fourth-order valence-corrected chi connectivity index (χ4v) is 4.54. The Hall–Kier alpha value is -1.54. The fourth-order valence-electron chi connectivity index (χ4n) is 2.49. The van der Waals surface area contributed by atoms with Gasteiger partial charge in [-0.3, -0.25) is 4.31 Å². The highest BCUT2D eigenvalue weighted by Gasteiger charge is 2.29. The summed E-state index contributed by atoms with van der Waals surface area (Å²) in [6.45, 7) is 2.26. The van der Waals surface area contributed by atoms with Gasteiger partial charge in [0.15, 0.2) is 0 Å². The van der Waals surface area contributed by atoms with E-state index in [1.807, 2.05) is 31.2 Å². The lowest BCUT2D eigenvalue weighted by molar-refractivity contribution is 0.414. The summed E-state index contributed by atoms with van der Waals surface area (Å²) in [6, 6.07) is 12.4. The lowest BCUT2D eigenvalue weighted by atomic mass is 10.1. The van der Waals surface area contributed by atoms with Crippen LogP contribution in [-0.4, -0.2) is 22.1 Å². The molecule has 0 saturated carbocycles. The maximum atomic E-state index is 13.0. The number of sulfonamides is 1. The molecular weight excluding hydrogens is 425 g/mol. The van der Waals surface area contributed by atoms with Crippen molar-refractivity contribution in [3.63, 3.8) is 0 Å². The summed E-state index contributed by atoms with van der Waals surface area (Å²) in [7, 11) is -1.99. The third kappa shape index (κ3) is 2.97. The minimum atomic E-state index is -3.59. The van der Waals surface area contributed by atoms with E-state index in [1.165, 1.54) is 4.31 Å². The van der Waals surface area contributed by atoms with E-state index in [1.54, 1.807) is 31.4 Å². The second kappa shape index (κ2) is 6.16. The fraction of sp³-hybridized carbons (Fsp3) is 0.176. The van der Waals surface area contributed by atoms with E-state index in [0.717, 1.165) is 14.7 Å². The van der Waals surface area contributed by atoms with Gasteiger partial charge in [0.1, 0.15) is 5.75 Å². The Kier molecular flexibility index (Phi) is 4.37. The van der Waals surface area contributed by atoms with Crippen molar-refractivity contribution in [1.29, 1.82) is 0 Å². The van der Waals surface area contributed by atoms with Crippen molar-refractivity contribution in [2.24, 2.45) is 0 Å². The molecule has 2 aromatic rings. The number of hydrogen-bond donors (Lipinski definition) is 0. The van der Waals surface area contributed by atoms with Crippen LogP contribution in [0, 0.1) is 6.92 Å². The van der Waals surface area contributed by atoms with Crippen LogP contribution >= 0.6 is 22.6 Å². The number of anilines is 1. The van der Waals surface area contributed by atoms with Gasteiger partial charge in [-0.2, -0.15) is 0 Å². The average Bonchev–Trinajstić information content (AvgIpc) is 2.55. The zero-order chi connectivity index (χ0) is 16.6. The van der Waals surface area contributed by atoms with Gasteiger partial charge in [0.05, 0.1) is 24.2 Å². The Balaban J connectivity index is 2.10. The highest BCUT2D eigenvalue weighted by Crippen LogP contribution is 2.39. The van der Waals surface area contributed by atoms with Gasteiger partial charge in [-0.1, -0.05) is 17.7 Å². The highest BCUT2D eigenvalue weighted by molar-refractivity contribution is 14.1. The molecule has 23 heavy (non-hydrogen) atoms. The van der Waals surface area contributed by atoms with E-state index in [0.29, 0.717) is 22.9 Å². The molecule has 0 radical (unpaired) electrons. The van der Waals surface area contributed by atoms with E-state index in [4.69, 9.17) is 4.74 Å². The molecule has 6 heteroatoms. The van der Waals surface area contributed by atoms with Crippen LogP contribution in [0.2, 0.25) is 0 Å². The number of rotatable bonds is 3. The number of ether oxygens (including phenoxy) is 1. The minimum absolute atomic E-state index is 0.301. The summed E-state index contributed by atoms with van der Waals surface area (Å²) < 4.78 is 33.7. The van der Waals surface area contributed by atoms with Crippen molar-refractivity contribution < 1.29 is 13.2 Å². The van der Waals surface area contributed by atoms with E-state index < -0.39 is 10.0 Å². The van der Waals surface area contributed by atoms with Crippen LogP contribution in [0.15, 0.2) is 53.4 Å². The van der Waals surface area contributed by atoms with Crippen molar-refractivity contribution in [2.75, 3.05) is 18.0 Å². The molecule has 1 aliphatic rings. The van der Waals surface area contributed by atoms with Crippen molar-refractivity contribution in [3.05, 3.63) is 59.7 Å². The Morgan fingerprint density at radius 1 is 1.13 bits per heavy atom. The molecular formula is C17H16INO3S. The quantitative estimate of drug-likeness (QED) is 0.677. The summed E-state index contributed by atoms with van der Waals surface area (Å²) >= 11 is 2.22. The molecule has 0 fully saturated rings. The molecule has 0 bridgehead atoms. The average molecular weight is 441 g/mol. The van der Waals surface area contributed by atoms with Gasteiger partial charge in [0.25, 0.3) is 10.0 Å². The lowest BCUT2D eigenvalue weighted by Gasteiger charge is -2.29. The van der Waals surface area contributed by atoms with Crippen molar-refractivity contribution in [2.45, 2.75) is 11.8 Å². The molecule has 0 N–H and O–H groups in total. The molecule has 0 amide bonds. The minimum Gasteiger partial charge on any atom is -0.497 e. The topological polar surface area (TPSA) is 46.6 Å². The number of aryl methyl sites for hydroxylation is 1. The van der Waals surface area contributed by atoms with Gasteiger partial charge in [-0.25, -0.2) is 8.42 Å². The summed E-state index contributed by atoms with van der Waals surface area (Å²) in [5.74, 6) is 0.709. The van der Waals surface area contributed by atoms with Crippen LogP contribution in [0.1, 0.15) is 11.1 Å². The molecule has 120 valence electrons. The van der Waals surface area contributed by atoms with Crippen LogP contribution in [0.3, 0.4) is 0 Å². The third-order valence-electron chi connectivity index (χ3n) is 3.78. The lowest BCUT2D eigenvalue weighted by Crippen LogP contribution is -2.33. The summed E-state index contributed by atoms with van der Waals surface area (Å²) in [5.41, 5.74) is 2.58. The third-order valence-corrected chi connectivity index (χ3v) is 6.59. The van der Waals surface area contributed by atoms with Gasteiger partial charge in [0, 0.05) is 9.14 Å². The second-order valence-corrected chi connectivity index (χ2v) is 8.31. The van der Waals surface area contributed by atoms with Crippen LogP contribution < -0.4 is 9.04 Å². The number of benzene rings is 2. The van der Waals surface area contributed by atoms with Crippen LogP contribution in [0.25, 0.3) is 3.58 Å².